The summed E-state index contributed by atoms with van der Waals surface area (Å²) in [5, 5.41) is 13.3. The van der Waals surface area contributed by atoms with Crippen molar-refractivity contribution < 1.29 is 9.84 Å². The maximum atomic E-state index is 9.75. The van der Waals surface area contributed by atoms with Gasteiger partial charge in [0.2, 0.25) is 0 Å². The summed E-state index contributed by atoms with van der Waals surface area (Å²) >= 11 is 5.98. The molecule has 0 bridgehead atoms. The maximum Gasteiger partial charge on any atom is 0.176 e. The number of ether oxygens (including phenoxy) is 1. The Hall–Kier alpha value is -2.98. The van der Waals surface area contributed by atoms with E-state index in [1.165, 1.54) is 7.11 Å². The number of para-hydroxylation sites is 1. The molecule has 3 rings (SSSR count). The molecule has 2 N–H and O–H groups in total. The quantitative estimate of drug-likeness (QED) is 0.592. The van der Waals surface area contributed by atoms with Crippen LogP contribution in [0.1, 0.15) is 5.56 Å². The molecule has 0 aromatic heterocycles. The number of hydrogen-bond donors (Lipinski definition) is 2. The second-order valence-electron chi connectivity index (χ2n) is 5.35. The van der Waals surface area contributed by atoms with Crippen LogP contribution in [0, 0.1) is 0 Å². The van der Waals surface area contributed by atoms with Crippen molar-refractivity contribution in [2.75, 3.05) is 12.4 Å². The zero-order valence-electron chi connectivity index (χ0n) is 13.6. The number of aliphatic imine (C=N–C) groups is 1. The van der Waals surface area contributed by atoms with E-state index in [0.717, 1.165) is 22.6 Å². The lowest BCUT2D eigenvalue weighted by Gasteiger charge is -2.07. The van der Waals surface area contributed by atoms with Gasteiger partial charge in [0.15, 0.2) is 11.5 Å². The van der Waals surface area contributed by atoms with Gasteiger partial charge in [0.25, 0.3) is 0 Å². The highest BCUT2D eigenvalue weighted by atomic mass is 35.5. The monoisotopic (exact) mass is 352 g/mol. The number of anilines is 2. The standard InChI is InChI=1S/C20H17ClN2O2/c1-25-19-12-14(11-18(21)20(19)24)13-22-15-7-9-17(10-8-15)23-16-5-3-2-4-6-16/h2-13,23-24H,1H3. The number of nitrogens with zero attached hydrogens (tertiary/aromatic N) is 1. The van der Waals surface area contributed by atoms with Crippen molar-refractivity contribution in [3.8, 4) is 11.5 Å². The molecule has 0 unspecified atom stereocenters. The summed E-state index contributed by atoms with van der Waals surface area (Å²) in [6, 6.07) is 21.0. The third-order valence-electron chi connectivity index (χ3n) is 3.56. The van der Waals surface area contributed by atoms with E-state index in [-0.39, 0.29) is 10.8 Å². The number of benzene rings is 3. The molecule has 126 valence electrons. The Labute approximate surface area is 151 Å². The van der Waals surface area contributed by atoms with E-state index in [0.29, 0.717) is 5.75 Å². The van der Waals surface area contributed by atoms with Crippen LogP contribution in [0.2, 0.25) is 5.02 Å². The van der Waals surface area contributed by atoms with E-state index in [9.17, 15) is 5.11 Å². The Balaban J connectivity index is 1.73. The van der Waals surface area contributed by atoms with Crippen molar-refractivity contribution >= 4 is 34.9 Å². The molecule has 0 saturated heterocycles. The van der Waals surface area contributed by atoms with Gasteiger partial charge in [-0.15, -0.1) is 0 Å². The van der Waals surface area contributed by atoms with E-state index >= 15 is 0 Å². The number of phenols is 1. The molecule has 0 atom stereocenters. The predicted molar refractivity (Wildman–Crippen MR) is 103 cm³/mol. The summed E-state index contributed by atoms with van der Waals surface area (Å²) in [5.74, 6) is 0.244. The molecule has 0 saturated carbocycles. The average molecular weight is 353 g/mol. The van der Waals surface area contributed by atoms with Crippen molar-refractivity contribution in [1.82, 2.24) is 0 Å². The first-order chi connectivity index (χ1) is 12.2. The molecular formula is C20H17ClN2O2. The van der Waals surface area contributed by atoms with Crippen LogP contribution in [-0.2, 0) is 0 Å². The van der Waals surface area contributed by atoms with Crippen LogP contribution in [0.5, 0.6) is 11.5 Å². The number of nitrogens with one attached hydrogen (secondary N) is 1. The van der Waals surface area contributed by atoms with Crippen LogP contribution in [0.4, 0.5) is 17.1 Å². The Kier molecular flexibility index (Phi) is 5.21. The van der Waals surface area contributed by atoms with E-state index in [1.807, 2.05) is 54.6 Å². The predicted octanol–water partition coefficient (Wildman–Crippen LogP) is 5.55. The van der Waals surface area contributed by atoms with Gasteiger partial charge in [-0.05, 0) is 54.1 Å². The van der Waals surface area contributed by atoms with Gasteiger partial charge in [-0.25, -0.2) is 0 Å². The molecule has 0 heterocycles. The minimum Gasteiger partial charge on any atom is -0.503 e. The molecule has 0 spiro atoms. The minimum atomic E-state index is -0.0716. The topological polar surface area (TPSA) is 53.8 Å². The molecule has 0 aliphatic heterocycles. The maximum absolute atomic E-state index is 9.75. The van der Waals surface area contributed by atoms with Gasteiger partial charge in [-0.2, -0.15) is 0 Å². The smallest absolute Gasteiger partial charge is 0.176 e. The van der Waals surface area contributed by atoms with Crippen LogP contribution >= 0.6 is 11.6 Å². The zero-order valence-corrected chi connectivity index (χ0v) is 14.4. The Bertz CT molecular complexity index is 878. The summed E-state index contributed by atoms with van der Waals surface area (Å²) in [5.41, 5.74) is 3.57. The fourth-order valence-corrected chi connectivity index (χ4v) is 2.51. The molecule has 3 aromatic rings. The first-order valence-electron chi connectivity index (χ1n) is 7.68. The van der Waals surface area contributed by atoms with Crippen molar-refractivity contribution in [2.24, 2.45) is 4.99 Å². The number of halogens is 1. The summed E-state index contributed by atoms with van der Waals surface area (Å²) in [6.45, 7) is 0. The molecule has 4 nitrogen and oxygen atoms in total. The van der Waals surface area contributed by atoms with Crippen LogP contribution in [-0.4, -0.2) is 18.4 Å². The van der Waals surface area contributed by atoms with Crippen molar-refractivity contribution in [3.05, 3.63) is 77.3 Å². The van der Waals surface area contributed by atoms with E-state index in [4.69, 9.17) is 16.3 Å². The van der Waals surface area contributed by atoms with E-state index in [1.54, 1.807) is 18.3 Å². The summed E-state index contributed by atoms with van der Waals surface area (Å²) in [4.78, 5) is 4.42. The lowest BCUT2D eigenvalue weighted by Crippen LogP contribution is -1.89. The normalized spacial score (nSPS) is 10.8. The number of aromatic hydroxyl groups is 1. The molecule has 0 fully saturated rings. The van der Waals surface area contributed by atoms with Gasteiger partial charge in [0.05, 0.1) is 17.8 Å². The molecule has 25 heavy (non-hydrogen) atoms. The average Bonchev–Trinajstić information content (AvgIpc) is 2.64. The van der Waals surface area contributed by atoms with Gasteiger partial charge >= 0.3 is 0 Å². The molecule has 0 radical (unpaired) electrons. The van der Waals surface area contributed by atoms with Crippen molar-refractivity contribution in [3.63, 3.8) is 0 Å². The highest BCUT2D eigenvalue weighted by Gasteiger charge is 2.07. The van der Waals surface area contributed by atoms with E-state index < -0.39 is 0 Å². The number of phenolic OH excluding ortho intramolecular Hbond substituents is 1. The summed E-state index contributed by atoms with van der Waals surface area (Å²) in [6.07, 6.45) is 1.67. The zero-order chi connectivity index (χ0) is 17.6. The van der Waals surface area contributed by atoms with Crippen LogP contribution in [0.3, 0.4) is 0 Å². The molecular weight excluding hydrogens is 336 g/mol. The largest absolute Gasteiger partial charge is 0.503 e. The number of hydrogen-bond acceptors (Lipinski definition) is 4. The third kappa shape index (κ3) is 4.31. The molecule has 3 aromatic carbocycles. The lowest BCUT2D eigenvalue weighted by atomic mass is 10.2. The van der Waals surface area contributed by atoms with Gasteiger partial charge in [-0.1, -0.05) is 29.8 Å². The molecule has 0 aliphatic rings. The minimum absolute atomic E-state index is 0.0716. The summed E-state index contributed by atoms with van der Waals surface area (Å²) in [7, 11) is 1.48. The van der Waals surface area contributed by atoms with Gasteiger partial charge in [0, 0.05) is 17.6 Å². The second kappa shape index (κ2) is 7.73. The van der Waals surface area contributed by atoms with Crippen LogP contribution < -0.4 is 10.1 Å². The SMILES string of the molecule is COc1cc(C=Nc2ccc(Nc3ccccc3)cc2)cc(Cl)c1O. The van der Waals surface area contributed by atoms with Crippen LogP contribution in [0.25, 0.3) is 0 Å². The van der Waals surface area contributed by atoms with Crippen molar-refractivity contribution in [1.29, 1.82) is 0 Å². The van der Waals surface area contributed by atoms with E-state index in [2.05, 4.69) is 10.3 Å². The van der Waals surface area contributed by atoms with Gasteiger partial charge in [0.1, 0.15) is 0 Å². The lowest BCUT2D eigenvalue weighted by molar-refractivity contribution is 0.373. The van der Waals surface area contributed by atoms with Gasteiger partial charge in [-0.3, -0.25) is 4.99 Å². The number of rotatable bonds is 5. The fourth-order valence-electron chi connectivity index (χ4n) is 2.29. The highest BCUT2D eigenvalue weighted by molar-refractivity contribution is 6.32. The molecule has 0 amide bonds. The third-order valence-corrected chi connectivity index (χ3v) is 3.85. The van der Waals surface area contributed by atoms with Crippen LogP contribution in [0.15, 0.2) is 71.7 Å². The highest BCUT2D eigenvalue weighted by Crippen LogP contribution is 2.34. The Morgan fingerprint density at radius 2 is 1.68 bits per heavy atom. The molecule has 5 heteroatoms. The van der Waals surface area contributed by atoms with Gasteiger partial charge < -0.3 is 15.2 Å². The molecule has 0 aliphatic carbocycles. The first-order valence-corrected chi connectivity index (χ1v) is 8.06. The Morgan fingerprint density at radius 3 is 2.36 bits per heavy atom. The fraction of sp³-hybridized carbons (Fsp3) is 0.0500. The van der Waals surface area contributed by atoms with Crippen molar-refractivity contribution in [2.45, 2.75) is 0 Å². The second-order valence-corrected chi connectivity index (χ2v) is 5.76. The number of methoxy groups -OCH3 is 1. The summed E-state index contributed by atoms with van der Waals surface area (Å²) < 4.78 is 5.09. The Morgan fingerprint density at radius 1 is 1.00 bits per heavy atom. The first kappa shape index (κ1) is 16.9.